The second-order valence-corrected chi connectivity index (χ2v) is 5.16. The molecule has 3 heteroatoms. The summed E-state index contributed by atoms with van der Waals surface area (Å²) in [6.07, 6.45) is 2.53. The number of hydrogen-bond donors (Lipinski definition) is 1. The van der Waals surface area contributed by atoms with Crippen LogP contribution in [0.25, 0.3) is 11.3 Å². The molecule has 0 radical (unpaired) electrons. The van der Waals surface area contributed by atoms with Gasteiger partial charge >= 0.3 is 0 Å². The fourth-order valence-corrected chi connectivity index (χ4v) is 2.14. The summed E-state index contributed by atoms with van der Waals surface area (Å²) in [7, 11) is 0. The van der Waals surface area contributed by atoms with Crippen LogP contribution in [0.1, 0.15) is 32.0 Å². The molecule has 0 bridgehead atoms. The maximum absolute atomic E-state index is 5.60. The van der Waals surface area contributed by atoms with Gasteiger partial charge in [0, 0.05) is 12.1 Å². The van der Waals surface area contributed by atoms with Gasteiger partial charge in [-0.05, 0) is 24.4 Å². The van der Waals surface area contributed by atoms with Crippen molar-refractivity contribution in [2.45, 2.75) is 33.7 Å². The first kappa shape index (κ1) is 13.8. The molecule has 0 saturated carbocycles. The minimum Gasteiger partial charge on any atom is -0.443 e. The second kappa shape index (κ2) is 6.53. The summed E-state index contributed by atoms with van der Waals surface area (Å²) in [5.41, 5.74) is 3.44. The van der Waals surface area contributed by atoms with Crippen LogP contribution in [0.4, 0.5) is 0 Å². The Hall–Kier alpha value is -1.61. The Balaban J connectivity index is 2.19. The molecule has 1 aromatic heterocycles. The number of hydrogen-bond acceptors (Lipinski definition) is 3. The lowest BCUT2D eigenvalue weighted by Gasteiger charge is -2.08. The number of oxazole rings is 1. The number of rotatable bonds is 6. The van der Waals surface area contributed by atoms with Gasteiger partial charge in [-0.2, -0.15) is 0 Å². The monoisotopic (exact) mass is 258 g/mol. The highest BCUT2D eigenvalue weighted by Crippen LogP contribution is 2.27. The van der Waals surface area contributed by atoms with Gasteiger partial charge in [-0.25, -0.2) is 4.98 Å². The summed E-state index contributed by atoms with van der Waals surface area (Å²) >= 11 is 0. The Morgan fingerprint density at radius 1 is 1.26 bits per heavy atom. The lowest BCUT2D eigenvalue weighted by atomic mass is 10.0. The molecule has 1 heterocycles. The van der Waals surface area contributed by atoms with Crippen LogP contribution in [0.5, 0.6) is 0 Å². The SMILES string of the molecule is CCc1ccccc1-c1ocnc1CNCC(C)C. The van der Waals surface area contributed by atoms with Crippen LogP contribution < -0.4 is 5.32 Å². The van der Waals surface area contributed by atoms with Crippen LogP contribution >= 0.6 is 0 Å². The topological polar surface area (TPSA) is 38.1 Å². The highest BCUT2D eigenvalue weighted by molar-refractivity contribution is 5.64. The first-order valence-electron chi connectivity index (χ1n) is 6.93. The van der Waals surface area contributed by atoms with Gasteiger partial charge in [-0.1, -0.05) is 45.0 Å². The first-order valence-corrected chi connectivity index (χ1v) is 6.93. The zero-order valence-electron chi connectivity index (χ0n) is 11.9. The van der Waals surface area contributed by atoms with E-state index in [0.717, 1.165) is 36.5 Å². The van der Waals surface area contributed by atoms with Crippen molar-refractivity contribution in [3.63, 3.8) is 0 Å². The van der Waals surface area contributed by atoms with Crippen molar-refractivity contribution < 1.29 is 4.42 Å². The van der Waals surface area contributed by atoms with Gasteiger partial charge in [0.25, 0.3) is 0 Å². The molecule has 19 heavy (non-hydrogen) atoms. The zero-order chi connectivity index (χ0) is 13.7. The molecule has 0 aliphatic heterocycles. The Bertz CT molecular complexity index is 517. The summed E-state index contributed by atoms with van der Waals surface area (Å²) in [5, 5.41) is 3.41. The van der Waals surface area contributed by atoms with E-state index in [4.69, 9.17) is 4.42 Å². The van der Waals surface area contributed by atoms with E-state index in [-0.39, 0.29) is 0 Å². The third kappa shape index (κ3) is 3.44. The van der Waals surface area contributed by atoms with Gasteiger partial charge in [0.05, 0.1) is 0 Å². The third-order valence-electron chi connectivity index (χ3n) is 3.13. The molecule has 2 rings (SSSR count). The predicted octanol–water partition coefficient (Wildman–Crippen LogP) is 3.65. The average molecular weight is 258 g/mol. The Labute approximate surface area is 115 Å². The van der Waals surface area contributed by atoms with Crippen LogP contribution in [0.3, 0.4) is 0 Å². The molecule has 3 nitrogen and oxygen atoms in total. The molecule has 0 unspecified atom stereocenters. The van der Waals surface area contributed by atoms with Crippen molar-refractivity contribution in [3.05, 3.63) is 41.9 Å². The molecule has 1 aromatic carbocycles. The molecule has 1 N–H and O–H groups in total. The van der Waals surface area contributed by atoms with Crippen LogP contribution in [0.2, 0.25) is 0 Å². The van der Waals surface area contributed by atoms with Crippen molar-refractivity contribution in [1.29, 1.82) is 0 Å². The van der Waals surface area contributed by atoms with E-state index in [0.29, 0.717) is 5.92 Å². The zero-order valence-corrected chi connectivity index (χ0v) is 11.9. The molecule has 0 amide bonds. The largest absolute Gasteiger partial charge is 0.443 e. The van der Waals surface area contributed by atoms with Crippen molar-refractivity contribution in [1.82, 2.24) is 10.3 Å². The van der Waals surface area contributed by atoms with Crippen LogP contribution in [0, 0.1) is 5.92 Å². The predicted molar refractivity (Wildman–Crippen MR) is 77.9 cm³/mol. The molecular weight excluding hydrogens is 236 g/mol. The Morgan fingerprint density at radius 3 is 2.79 bits per heavy atom. The van der Waals surface area contributed by atoms with Gasteiger partial charge < -0.3 is 9.73 Å². The van der Waals surface area contributed by atoms with Gasteiger partial charge in [0.15, 0.2) is 12.2 Å². The Morgan fingerprint density at radius 2 is 2.05 bits per heavy atom. The van der Waals surface area contributed by atoms with Crippen molar-refractivity contribution >= 4 is 0 Å². The van der Waals surface area contributed by atoms with Gasteiger partial charge in [-0.15, -0.1) is 0 Å². The van der Waals surface area contributed by atoms with E-state index in [1.54, 1.807) is 0 Å². The smallest absolute Gasteiger partial charge is 0.181 e. The summed E-state index contributed by atoms with van der Waals surface area (Å²) in [6.45, 7) is 8.29. The molecule has 0 saturated heterocycles. The molecule has 0 fully saturated rings. The summed E-state index contributed by atoms with van der Waals surface area (Å²) < 4.78 is 5.60. The van der Waals surface area contributed by atoms with E-state index >= 15 is 0 Å². The Kier molecular flexibility index (Phi) is 4.74. The molecule has 2 aromatic rings. The molecule has 0 spiro atoms. The summed E-state index contributed by atoms with van der Waals surface area (Å²) in [6, 6.07) is 8.35. The minimum absolute atomic E-state index is 0.637. The van der Waals surface area contributed by atoms with E-state index in [1.807, 2.05) is 6.07 Å². The third-order valence-corrected chi connectivity index (χ3v) is 3.13. The average Bonchev–Trinajstić information content (AvgIpc) is 2.86. The van der Waals surface area contributed by atoms with E-state index in [2.05, 4.69) is 49.3 Å². The molecule has 0 atom stereocenters. The number of nitrogens with zero attached hydrogens (tertiary/aromatic N) is 1. The standard InChI is InChI=1S/C16H22N2O/c1-4-13-7-5-6-8-14(13)16-15(18-11-19-16)10-17-9-12(2)3/h5-8,11-12,17H,4,9-10H2,1-3H3. The molecular formula is C16H22N2O. The summed E-state index contributed by atoms with van der Waals surface area (Å²) in [5.74, 6) is 1.53. The van der Waals surface area contributed by atoms with Crippen molar-refractivity contribution in [2.24, 2.45) is 5.92 Å². The maximum atomic E-state index is 5.60. The van der Waals surface area contributed by atoms with Crippen LogP contribution in [-0.4, -0.2) is 11.5 Å². The van der Waals surface area contributed by atoms with Crippen molar-refractivity contribution in [2.75, 3.05) is 6.54 Å². The molecule has 0 aliphatic rings. The fourth-order valence-electron chi connectivity index (χ4n) is 2.14. The lowest BCUT2D eigenvalue weighted by Crippen LogP contribution is -2.19. The number of benzene rings is 1. The second-order valence-electron chi connectivity index (χ2n) is 5.16. The highest BCUT2D eigenvalue weighted by Gasteiger charge is 2.13. The minimum atomic E-state index is 0.637. The van der Waals surface area contributed by atoms with E-state index in [1.165, 1.54) is 12.0 Å². The maximum Gasteiger partial charge on any atom is 0.181 e. The van der Waals surface area contributed by atoms with Gasteiger partial charge in [0.2, 0.25) is 0 Å². The highest BCUT2D eigenvalue weighted by atomic mass is 16.3. The fraction of sp³-hybridized carbons (Fsp3) is 0.438. The van der Waals surface area contributed by atoms with Gasteiger partial charge in [-0.3, -0.25) is 0 Å². The van der Waals surface area contributed by atoms with E-state index in [9.17, 15) is 0 Å². The number of aromatic nitrogens is 1. The van der Waals surface area contributed by atoms with Crippen molar-refractivity contribution in [3.8, 4) is 11.3 Å². The summed E-state index contributed by atoms with van der Waals surface area (Å²) in [4.78, 5) is 4.34. The normalized spacial score (nSPS) is 11.2. The number of nitrogens with one attached hydrogen (secondary N) is 1. The molecule has 0 aliphatic carbocycles. The first-order chi connectivity index (χ1) is 9.22. The molecule has 102 valence electrons. The van der Waals surface area contributed by atoms with Crippen LogP contribution in [-0.2, 0) is 13.0 Å². The lowest BCUT2D eigenvalue weighted by molar-refractivity contribution is 0.545. The van der Waals surface area contributed by atoms with Gasteiger partial charge in [0.1, 0.15) is 5.69 Å². The van der Waals surface area contributed by atoms with Crippen LogP contribution in [0.15, 0.2) is 35.1 Å². The quantitative estimate of drug-likeness (QED) is 0.859. The van der Waals surface area contributed by atoms with E-state index < -0.39 is 0 Å². The number of aryl methyl sites for hydroxylation is 1.